The molecule has 0 atom stereocenters. The van der Waals surface area contributed by atoms with Gasteiger partial charge in [0.05, 0.1) is 5.52 Å². The highest BCUT2D eigenvalue weighted by molar-refractivity contribution is 6.17. The molecule has 0 spiro atoms. The quantitative estimate of drug-likeness (QED) is 0.606. The molecule has 0 aliphatic heterocycles. The molecule has 0 bridgehead atoms. The maximum atomic E-state index is 13.3. The zero-order valence-corrected chi connectivity index (χ0v) is 14.9. The standard InChI is InChI=1S/C23H21NO2/c1-2-8-21(25)24-20-12-7-6-11-18(20)19-14-13-17(23(26)22(19)24)15-16-9-4-3-5-10-16/h3-7,9-12,15H,2,8,13-14H2,1H3. The van der Waals surface area contributed by atoms with Crippen LogP contribution in [-0.2, 0) is 6.42 Å². The van der Waals surface area contributed by atoms with E-state index in [1.807, 2.05) is 67.6 Å². The third kappa shape index (κ3) is 2.70. The van der Waals surface area contributed by atoms with Gasteiger partial charge in [-0.3, -0.25) is 14.2 Å². The molecule has 1 aliphatic rings. The molecule has 130 valence electrons. The van der Waals surface area contributed by atoms with Gasteiger partial charge in [0.25, 0.3) is 0 Å². The lowest BCUT2D eigenvalue weighted by Gasteiger charge is -2.17. The number of carbonyl (C=O) groups excluding carboxylic acids is 2. The van der Waals surface area contributed by atoms with Crippen LogP contribution >= 0.6 is 0 Å². The van der Waals surface area contributed by atoms with Gasteiger partial charge in [-0.2, -0.15) is 0 Å². The molecule has 3 heteroatoms. The smallest absolute Gasteiger partial charge is 0.231 e. The molecule has 0 fully saturated rings. The van der Waals surface area contributed by atoms with E-state index in [4.69, 9.17) is 0 Å². The van der Waals surface area contributed by atoms with Crippen molar-refractivity contribution in [3.8, 4) is 0 Å². The van der Waals surface area contributed by atoms with Gasteiger partial charge in [-0.15, -0.1) is 0 Å². The van der Waals surface area contributed by atoms with Crippen molar-refractivity contribution in [2.24, 2.45) is 0 Å². The number of allylic oxidation sites excluding steroid dienone is 1. The fourth-order valence-electron chi connectivity index (χ4n) is 3.80. The van der Waals surface area contributed by atoms with Gasteiger partial charge in [-0.1, -0.05) is 55.5 Å². The molecule has 0 N–H and O–H groups in total. The number of nitrogens with zero attached hydrogens (tertiary/aromatic N) is 1. The lowest BCUT2D eigenvalue weighted by Crippen LogP contribution is -2.22. The second-order valence-electron chi connectivity index (χ2n) is 6.73. The Kier molecular flexibility index (Phi) is 4.29. The van der Waals surface area contributed by atoms with Crippen LogP contribution in [0.2, 0.25) is 0 Å². The summed E-state index contributed by atoms with van der Waals surface area (Å²) in [6.45, 7) is 1.98. The second-order valence-corrected chi connectivity index (χ2v) is 6.73. The van der Waals surface area contributed by atoms with E-state index in [1.165, 1.54) is 0 Å². The first kappa shape index (κ1) is 16.5. The molecule has 1 heterocycles. The topological polar surface area (TPSA) is 39.1 Å². The highest BCUT2D eigenvalue weighted by atomic mass is 16.2. The molecule has 0 radical (unpaired) electrons. The van der Waals surface area contributed by atoms with E-state index < -0.39 is 0 Å². The number of aryl methyl sites for hydroxylation is 1. The Balaban J connectivity index is 1.89. The maximum absolute atomic E-state index is 13.3. The molecule has 2 aromatic carbocycles. The Morgan fingerprint density at radius 1 is 1.04 bits per heavy atom. The van der Waals surface area contributed by atoms with Crippen molar-refractivity contribution < 1.29 is 9.59 Å². The van der Waals surface area contributed by atoms with Crippen LogP contribution in [0.15, 0.2) is 60.2 Å². The van der Waals surface area contributed by atoms with E-state index in [0.29, 0.717) is 18.5 Å². The van der Waals surface area contributed by atoms with Crippen LogP contribution in [0.4, 0.5) is 0 Å². The van der Waals surface area contributed by atoms with Crippen molar-refractivity contribution in [1.29, 1.82) is 0 Å². The van der Waals surface area contributed by atoms with Gasteiger partial charge in [0.2, 0.25) is 11.7 Å². The molecule has 1 aromatic heterocycles. The van der Waals surface area contributed by atoms with Gasteiger partial charge in [-0.05, 0) is 42.5 Å². The highest BCUT2D eigenvalue weighted by Gasteiger charge is 2.30. The zero-order valence-electron chi connectivity index (χ0n) is 14.9. The third-order valence-electron chi connectivity index (χ3n) is 4.98. The van der Waals surface area contributed by atoms with Crippen LogP contribution in [0.1, 0.15) is 52.6 Å². The van der Waals surface area contributed by atoms with E-state index in [2.05, 4.69) is 0 Å². The van der Waals surface area contributed by atoms with Crippen LogP contribution in [0, 0.1) is 0 Å². The average molecular weight is 343 g/mol. The van der Waals surface area contributed by atoms with E-state index in [1.54, 1.807) is 4.57 Å². The number of Topliss-reactive ketones (excluding diaryl/α,β-unsaturated/α-hetero) is 1. The Morgan fingerprint density at radius 3 is 2.54 bits per heavy atom. The molecule has 3 nitrogen and oxygen atoms in total. The van der Waals surface area contributed by atoms with Crippen molar-refractivity contribution in [3.63, 3.8) is 0 Å². The van der Waals surface area contributed by atoms with Crippen molar-refractivity contribution in [1.82, 2.24) is 4.57 Å². The fraction of sp³-hybridized carbons (Fsp3) is 0.217. The summed E-state index contributed by atoms with van der Waals surface area (Å²) in [4.78, 5) is 26.1. The van der Waals surface area contributed by atoms with E-state index in [0.717, 1.165) is 40.4 Å². The molecule has 0 unspecified atom stereocenters. The first-order valence-corrected chi connectivity index (χ1v) is 9.16. The largest absolute Gasteiger partial charge is 0.287 e. The van der Waals surface area contributed by atoms with E-state index >= 15 is 0 Å². The minimum absolute atomic E-state index is 0.000684. The normalized spacial score (nSPS) is 15.4. The first-order chi connectivity index (χ1) is 12.7. The number of hydrogen-bond acceptors (Lipinski definition) is 2. The zero-order chi connectivity index (χ0) is 18.1. The van der Waals surface area contributed by atoms with Crippen molar-refractivity contribution in [3.05, 3.63) is 77.0 Å². The molecule has 1 aliphatic carbocycles. The SMILES string of the molecule is CCCC(=O)n1c2c(c3ccccc31)CCC(=Cc1ccccc1)C2=O. The number of hydrogen-bond donors (Lipinski definition) is 0. The highest BCUT2D eigenvalue weighted by Crippen LogP contribution is 2.35. The summed E-state index contributed by atoms with van der Waals surface area (Å²) in [5.41, 5.74) is 4.22. The van der Waals surface area contributed by atoms with Gasteiger partial charge in [0.15, 0.2) is 0 Å². The summed E-state index contributed by atoms with van der Waals surface area (Å²) < 4.78 is 1.66. The molecule has 26 heavy (non-hydrogen) atoms. The van der Waals surface area contributed by atoms with Crippen molar-refractivity contribution >= 4 is 28.7 Å². The Morgan fingerprint density at radius 2 is 1.77 bits per heavy atom. The Labute approximate surface area is 153 Å². The van der Waals surface area contributed by atoms with Crippen LogP contribution in [0.25, 0.3) is 17.0 Å². The number of aromatic nitrogens is 1. The van der Waals surface area contributed by atoms with Gasteiger partial charge in [-0.25, -0.2) is 0 Å². The predicted molar refractivity (Wildman–Crippen MR) is 105 cm³/mol. The lowest BCUT2D eigenvalue weighted by atomic mass is 9.89. The number of carbonyl (C=O) groups is 2. The summed E-state index contributed by atoms with van der Waals surface area (Å²) in [7, 11) is 0. The Hall–Kier alpha value is -2.94. The molecule has 0 saturated carbocycles. The molecule has 3 aromatic rings. The number of fused-ring (bicyclic) bond motifs is 3. The molecular weight excluding hydrogens is 322 g/mol. The third-order valence-corrected chi connectivity index (χ3v) is 4.98. The summed E-state index contributed by atoms with van der Waals surface area (Å²) in [6.07, 6.45) is 4.65. The summed E-state index contributed by atoms with van der Waals surface area (Å²) in [5.74, 6) is -0.0185. The van der Waals surface area contributed by atoms with Crippen LogP contribution < -0.4 is 0 Å². The number of para-hydroxylation sites is 1. The lowest BCUT2D eigenvalue weighted by molar-refractivity contribution is 0.0886. The number of rotatable bonds is 3. The molecule has 0 amide bonds. The van der Waals surface area contributed by atoms with Crippen molar-refractivity contribution in [2.45, 2.75) is 32.6 Å². The Bertz CT molecular complexity index is 1030. The van der Waals surface area contributed by atoms with Gasteiger partial charge >= 0.3 is 0 Å². The number of benzene rings is 2. The molecular formula is C23H21NO2. The predicted octanol–water partition coefficient (Wildman–Crippen LogP) is 5.29. The average Bonchev–Trinajstić information content (AvgIpc) is 3.00. The summed E-state index contributed by atoms with van der Waals surface area (Å²) >= 11 is 0. The van der Waals surface area contributed by atoms with E-state index in [9.17, 15) is 9.59 Å². The number of ketones is 1. The van der Waals surface area contributed by atoms with Crippen molar-refractivity contribution in [2.75, 3.05) is 0 Å². The van der Waals surface area contributed by atoms with Gasteiger partial charge in [0.1, 0.15) is 5.69 Å². The maximum Gasteiger partial charge on any atom is 0.231 e. The minimum atomic E-state index is -0.0178. The fourth-order valence-corrected chi connectivity index (χ4v) is 3.80. The monoisotopic (exact) mass is 343 g/mol. The second kappa shape index (κ2) is 6.75. The molecule has 0 saturated heterocycles. The van der Waals surface area contributed by atoms with E-state index in [-0.39, 0.29) is 11.7 Å². The van der Waals surface area contributed by atoms with Gasteiger partial charge in [0, 0.05) is 17.4 Å². The first-order valence-electron chi connectivity index (χ1n) is 9.16. The summed E-state index contributed by atoms with van der Waals surface area (Å²) in [6, 6.07) is 17.7. The minimum Gasteiger partial charge on any atom is -0.287 e. The van der Waals surface area contributed by atoms with Gasteiger partial charge < -0.3 is 0 Å². The molecule has 4 rings (SSSR count). The summed E-state index contributed by atoms with van der Waals surface area (Å²) in [5, 5.41) is 1.03. The van der Waals surface area contributed by atoms with Crippen LogP contribution in [0.5, 0.6) is 0 Å². The van der Waals surface area contributed by atoms with Crippen LogP contribution in [0.3, 0.4) is 0 Å². The van der Waals surface area contributed by atoms with Crippen LogP contribution in [-0.4, -0.2) is 16.3 Å².